The smallest absolute Gasteiger partial charge is 0.260 e. The van der Waals surface area contributed by atoms with Crippen LogP contribution in [0.2, 0.25) is 0 Å². The molecule has 4 atom stereocenters. The summed E-state index contributed by atoms with van der Waals surface area (Å²) < 4.78 is 50.7. The maximum atomic E-state index is 12.8. The van der Waals surface area contributed by atoms with E-state index in [4.69, 9.17) is 9.47 Å². The number of piperazine rings is 1. The number of para-hydroxylation sites is 1. The Balaban J connectivity index is 0.000000339. The molecule has 9 fully saturated rings. The summed E-state index contributed by atoms with van der Waals surface area (Å²) in [7, 11) is 2.19. The van der Waals surface area contributed by atoms with Gasteiger partial charge < -0.3 is 48.3 Å². The Kier molecular flexibility index (Phi) is 55.5. The highest BCUT2D eigenvalue weighted by molar-refractivity contribution is 5.58. The molecule has 9 saturated heterocycles. The van der Waals surface area contributed by atoms with Crippen molar-refractivity contribution in [1.82, 2.24) is 58.5 Å². The number of fused-ring (bicyclic) bond motifs is 2. The quantitative estimate of drug-likeness (QED) is 0.173. The van der Waals surface area contributed by atoms with Gasteiger partial charge in [0.1, 0.15) is 6.17 Å². The molecular weight excluding hydrogens is 1500 g/mol. The minimum Gasteiger partial charge on any atom is -0.379 e. The highest BCUT2D eigenvalue weighted by Crippen LogP contribution is 2.31. The molecule has 0 N–H and O–H groups in total. The molecule has 11 aliphatic heterocycles. The van der Waals surface area contributed by atoms with Gasteiger partial charge in [0.25, 0.3) is 11.5 Å². The van der Waals surface area contributed by atoms with Crippen LogP contribution in [0.5, 0.6) is 0 Å². The Bertz CT molecular complexity index is 2930. The van der Waals surface area contributed by atoms with Gasteiger partial charge in [-0.05, 0) is 338 Å². The summed E-state index contributed by atoms with van der Waals surface area (Å²) in [5.74, 6) is -0.634. The molecule has 698 valence electrons. The molecule has 0 radical (unpaired) electrons. The molecule has 19 heteroatoms. The zero-order valence-corrected chi connectivity index (χ0v) is 83.1. The van der Waals surface area contributed by atoms with Crippen molar-refractivity contribution in [2.75, 3.05) is 163 Å². The number of alkyl halides is 3. The summed E-state index contributed by atoms with van der Waals surface area (Å²) in [6.45, 7) is 89.8. The Morgan fingerprint density at radius 2 is 0.742 bits per heavy atom. The molecule has 0 bridgehead atoms. The van der Waals surface area contributed by atoms with Gasteiger partial charge in [0.05, 0.1) is 32.0 Å². The van der Waals surface area contributed by atoms with E-state index in [9.17, 15) is 18.0 Å². The predicted octanol–water partition coefficient (Wildman–Crippen LogP) is 20.0. The third-order valence-electron chi connectivity index (χ3n) is 25.4. The van der Waals surface area contributed by atoms with Gasteiger partial charge in [0.15, 0.2) is 0 Å². The average Bonchev–Trinajstić information content (AvgIpc) is 1.67. The van der Waals surface area contributed by atoms with Crippen LogP contribution >= 0.6 is 0 Å². The van der Waals surface area contributed by atoms with E-state index in [0.29, 0.717) is 48.8 Å². The summed E-state index contributed by atoms with van der Waals surface area (Å²) in [4.78, 5) is 40.1. The van der Waals surface area contributed by atoms with Crippen molar-refractivity contribution in [1.29, 1.82) is 0 Å². The number of piperidine rings is 4. The lowest BCUT2D eigenvalue weighted by atomic mass is 9.91. The second-order valence-electron chi connectivity index (χ2n) is 39.8. The number of morpholine rings is 2. The van der Waals surface area contributed by atoms with Gasteiger partial charge in [-0.1, -0.05) is 68.8 Å². The maximum Gasteiger partial charge on any atom is 0.260 e. The number of likely N-dealkylation sites (tertiary alicyclic amines) is 6. The highest BCUT2D eigenvalue weighted by atomic mass is 19.3. The van der Waals surface area contributed by atoms with Crippen molar-refractivity contribution >= 4 is 5.69 Å². The Hall–Kier alpha value is -3.54. The SMILES string of the molecule is CC(C)N1CCC(F)CC1.CC(C)N1CCC1.CC(C)N1CCCC(F)(F)C1.CC(C)N1CCCC1.CC(C)N1CCCCC1.CC(C)N1CCN(C)CC1.CC(C)N1CCOCC1.CC(C)N1CCc2ccccc21.CC(C)N1Cc2ccccc2C1.CC(C)n1ccccc1=O.CC1CC(C)CN(C(C)C)C1.CC1CN(C(C)C)CC(C)O1. The molecule has 16 nitrogen and oxygen atoms in total. The van der Waals surface area contributed by atoms with Crippen molar-refractivity contribution in [3.8, 4) is 0 Å². The van der Waals surface area contributed by atoms with Crippen LogP contribution < -0.4 is 10.5 Å². The van der Waals surface area contributed by atoms with Crippen LogP contribution in [-0.2, 0) is 29.0 Å². The molecule has 0 spiro atoms. The van der Waals surface area contributed by atoms with Gasteiger partial charge >= 0.3 is 0 Å². The van der Waals surface area contributed by atoms with Crippen LogP contribution in [0.25, 0.3) is 0 Å². The minimum atomic E-state index is -2.44. The Morgan fingerprint density at radius 3 is 1.11 bits per heavy atom. The van der Waals surface area contributed by atoms with E-state index in [-0.39, 0.29) is 30.6 Å². The third kappa shape index (κ3) is 45.8. The summed E-state index contributed by atoms with van der Waals surface area (Å²) in [5, 5.41) is 0. The van der Waals surface area contributed by atoms with E-state index in [1.54, 1.807) is 22.9 Å². The molecule has 4 unspecified atom stereocenters. The number of aromatic nitrogens is 1. The standard InChI is InChI=1S/2C11H15N.C10H21N.C9H19NO.C8H15F2N.C8H16FN.C8H18N2.C8H11NO.C8H17N.C7H15NO.C7H15N.C6H13N/c1-9(2)12-7-10-5-3-4-6-11(10)8-12;1-9(2)12-8-7-10-5-3-4-6-11(10)12;1-8(2)11-6-9(3)5-10(4)7-11;1-7(2)10-5-8(3)11-9(4)6-10;1-7(2)11-5-3-4-8(9,10)6-11;1-7(2)10-5-3-8(9)4-6-10;1-8(2)10-6-4-9(3)5-7-10;1-7(2)9-6-4-3-5-8(9)10;1-8(2)9-6-4-3-5-7-9;1-7(2)8-3-5-9-6-4-8;1-7(2)8-5-3-4-6-8;1-6(2)7-4-3-5-7/h2*3-6,9H,7-8H2,1-2H3;8-10H,5-7H2,1-4H3;7-9H,5-6H2,1-4H3;7H,3-6H2,1-2H3;7-8H,3-6H2,1-2H3;8H,4-7H2,1-3H3;3-7H,1-2H3;8H,3-7H2,1-2H3;7H,3-6H2,1-2H3;7H,3-6H2,1-2H3;6H,3-5H2,1-2H3. The van der Waals surface area contributed by atoms with Crippen LogP contribution in [0.3, 0.4) is 0 Å². The van der Waals surface area contributed by atoms with E-state index in [1.807, 2.05) is 38.7 Å². The number of hydrogen-bond donors (Lipinski definition) is 0. The maximum absolute atomic E-state index is 12.8. The average molecular weight is 1690 g/mol. The number of anilines is 1. The van der Waals surface area contributed by atoms with Crippen molar-refractivity contribution in [3.05, 3.63) is 100.0 Å². The first-order chi connectivity index (χ1) is 56.6. The van der Waals surface area contributed by atoms with Crippen LogP contribution in [-0.4, -0.2) is 307 Å². The van der Waals surface area contributed by atoms with Gasteiger partial charge in [-0.25, -0.2) is 13.2 Å². The monoisotopic (exact) mass is 1690 g/mol. The topological polar surface area (TPSA) is 79.3 Å². The molecule has 0 amide bonds. The number of rotatable bonds is 12. The summed E-state index contributed by atoms with van der Waals surface area (Å²) in [6, 6.07) is 30.2. The molecule has 12 heterocycles. The second-order valence-corrected chi connectivity index (χ2v) is 39.8. The molecule has 0 saturated carbocycles. The van der Waals surface area contributed by atoms with Crippen molar-refractivity contribution in [3.63, 3.8) is 0 Å². The van der Waals surface area contributed by atoms with Gasteiger partial charge in [-0.15, -0.1) is 0 Å². The number of likely N-dealkylation sites (N-methyl/N-ethyl adjacent to an activating group) is 1. The molecule has 2 aromatic carbocycles. The Morgan fingerprint density at radius 1 is 0.367 bits per heavy atom. The van der Waals surface area contributed by atoms with Gasteiger partial charge in [-0.3, -0.25) is 29.3 Å². The largest absolute Gasteiger partial charge is 0.379 e. The van der Waals surface area contributed by atoms with Crippen molar-refractivity contribution < 1.29 is 22.6 Å². The van der Waals surface area contributed by atoms with E-state index < -0.39 is 12.1 Å². The van der Waals surface area contributed by atoms with E-state index in [2.05, 4.69) is 276 Å². The minimum absolute atomic E-state index is 0.0509. The van der Waals surface area contributed by atoms with Gasteiger partial charge in [-0.2, -0.15) is 0 Å². The van der Waals surface area contributed by atoms with Crippen LogP contribution in [0, 0.1) is 11.8 Å². The lowest BCUT2D eigenvalue weighted by molar-refractivity contribution is -0.0764. The van der Waals surface area contributed by atoms with Crippen LogP contribution in [0.4, 0.5) is 18.9 Å². The number of hydrogen-bond acceptors (Lipinski definition) is 15. The summed E-state index contributed by atoms with van der Waals surface area (Å²) >= 11 is 0. The molecule has 3 aromatic rings. The molecule has 0 aliphatic carbocycles. The predicted molar refractivity (Wildman–Crippen MR) is 512 cm³/mol. The highest BCUT2D eigenvalue weighted by Gasteiger charge is 2.36. The Labute approximate surface area is 738 Å². The van der Waals surface area contributed by atoms with E-state index >= 15 is 0 Å². The zero-order chi connectivity index (χ0) is 89.8. The first-order valence-electron chi connectivity index (χ1n) is 48.5. The van der Waals surface area contributed by atoms with E-state index in [0.717, 1.165) is 127 Å². The fourth-order valence-corrected chi connectivity index (χ4v) is 17.1. The number of nitrogens with zero attached hydrogens (tertiary/aromatic N) is 13. The first kappa shape index (κ1) is 111. The summed E-state index contributed by atoms with van der Waals surface area (Å²) in [6.07, 6.45) is 15.4. The summed E-state index contributed by atoms with van der Waals surface area (Å²) in [5.41, 5.74) is 6.02. The fraction of sp³-hybridized carbons (Fsp3) is 0.832. The van der Waals surface area contributed by atoms with Crippen LogP contribution in [0.15, 0.2) is 77.7 Å². The molecule has 14 rings (SSSR count). The molecule has 120 heavy (non-hydrogen) atoms. The van der Waals surface area contributed by atoms with Gasteiger partial charge in [0, 0.05) is 195 Å². The van der Waals surface area contributed by atoms with Crippen molar-refractivity contribution in [2.24, 2.45) is 11.8 Å². The second kappa shape index (κ2) is 60.2. The molecule has 1 aromatic heterocycles. The number of ether oxygens (including phenoxy) is 2. The molecular formula is C101H190F3N13O3. The number of halogens is 3. The third-order valence-corrected chi connectivity index (χ3v) is 25.4. The number of benzene rings is 2. The van der Waals surface area contributed by atoms with Crippen molar-refractivity contribution in [2.45, 2.75) is 381 Å². The normalized spacial score (nSPS) is 23.1. The van der Waals surface area contributed by atoms with Crippen LogP contribution in [0.1, 0.15) is 287 Å². The molecule has 11 aliphatic rings. The lowest BCUT2D eigenvalue weighted by Gasteiger charge is -2.37. The first-order valence-corrected chi connectivity index (χ1v) is 48.5. The van der Waals surface area contributed by atoms with Gasteiger partial charge in [0.2, 0.25) is 0 Å². The number of pyridine rings is 1. The fourth-order valence-electron chi connectivity index (χ4n) is 17.1. The zero-order valence-electron chi connectivity index (χ0n) is 83.1. The lowest BCUT2D eigenvalue weighted by Crippen LogP contribution is -2.48. The van der Waals surface area contributed by atoms with E-state index in [1.165, 1.54) is 159 Å².